The smallest absolute Gasteiger partial charge is 0.164 e. The molecule has 0 saturated heterocycles. The molecule has 0 aliphatic carbocycles. The van der Waals surface area contributed by atoms with Gasteiger partial charge in [0.1, 0.15) is 11.2 Å². The fourth-order valence-electron chi connectivity index (χ4n) is 8.41. The maximum atomic E-state index is 6.42. The molecule has 0 aliphatic rings. The van der Waals surface area contributed by atoms with E-state index in [0.29, 0.717) is 17.5 Å². The highest BCUT2D eigenvalue weighted by Crippen LogP contribution is 2.44. The van der Waals surface area contributed by atoms with Crippen LogP contribution >= 0.6 is 11.3 Å². The lowest BCUT2D eigenvalue weighted by Gasteiger charge is -2.11. The topological polar surface area (TPSA) is 64.7 Å². The molecule has 12 aromatic rings. The second-order valence-corrected chi connectivity index (χ2v) is 16.0. The molecular formula is C54H32N4OS. The van der Waals surface area contributed by atoms with Gasteiger partial charge in [-0.05, 0) is 41.0 Å². The summed E-state index contributed by atoms with van der Waals surface area (Å²) < 4.78 is 8.91. The fourth-order valence-corrected chi connectivity index (χ4v) is 9.65. The Balaban J connectivity index is 0.983. The second kappa shape index (κ2) is 13.9. The molecule has 5 nitrogen and oxygen atoms in total. The van der Waals surface area contributed by atoms with Crippen LogP contribution in [0.15, 0.2) is 199 Å². The van der Waals surface area contributed by atoms with Gasteiger partial charge in [-0.2, -0.15) is 0 Å². The minimum atomic E-state index is 0.596. The van der Waals surface area contributed by atoms with Crippen LogP contribution in [-0.2, 0) is 0 Å². The molecule has 0 radical (unpaired) electrons. The summed E-state index contributed by atoms with van der Waals surface area (Å²) in [5.74, 6) is 1.81. The number of benzene rings is 8. The van der Waals surface area contributed by atoms with Gasteiger partial charge in [0.15, 0.2) is 17.5 Å². The van der Waals surface area contributed by atoms with Crippen molar-refractivity contribution < 1.29 is 4.42 Å². The highest BCUT2D eigenvalue weighted by Gasteiger charge is 2.19. The van der Waals surface area contributed by atoms with Gasteiger partial charge in [-0.15, -0.1) is 11.3 Å². The van der Waals surface area contributed by atoms with Crippen molar-refractivity contribution in [3.8, 4) is 67.7 Å². The van der Waals surface area contributed by atoms with Crippen molar-refractivity contribution in [1.29, 1.82) is 0 Å². The first kappa shape index (κ1) is 34.3. The molecule has 0 saturated carbocycles. The number of nitrogens with zero attached hydrogens (tertiary/aromatic N) is 4. The quantitative estimate of drug-likeness (QED) is 0.168. The highest BCUT2D eigenvalue weighted by atomic mass is 32.1. The molecule has 12 rings (SSSR count). The third-order valence-electron chi connectivity index (χ3n) is 11.3. The van der Waals surface area contributed by atoms with Gasteiger partial charge in [-0.25, -0.2) is 19.9 Å². The van der Waals surface area contributed by atoms with E-state index >= 15 is 0 Å². The van der Waals surface area contributed by atoms with E-state index in [2.05, 4.69) is 146 Å². The average molecular weight is 785 g/mol. The first-order chi connectivity index (χ1) is 29.7. The Hall–Kier alpha value is -7.80. The zero-order chi connectivity index (χ0) is 39.6. The van der Waals surface area contributed by atoms with E-state index in [1.165, 1.54) is 25.7 Å². The van der Waals surface area contributed by atoms with Crippen LogP contribution in [0.3, 0.4) is 0 Å². The van der Waals surface area contributed by atoms with E-state index in [1.54, 1.807) is 0 Å². The van der Waals surface area contributed by atoms with Crippen LogP contribution in [0.25, 0.3) is 121 Å². The Kier molecular flexibility index (Phi) is 7.96. The average Bonchev–Trinajstić information content (AvgIpc) is 3.91. The third kappa shape index (κ3) is 5.76. The molecule has 4 aromatic heterocycles. The summed E-state index contributed by atoms with van der Waals surface area (Å²) in [4.78, 5) is 20.7. The SMILES string of the molecule is c1ccc(-c2ccc3c(c2)nc(-c2ccc(-c4nc(-c5ccccc5)nc(-c5cccc(-c6cccc7c6oc6ccccc67)c5)n4)cc2)c2c4ccccc4sc32)cc1. The monoisotopic (exact) mass is 784 g/mol. The predicted octanol–water partition coefficient (Wildman–Crippen LogP) is 14.7. The van der Waals surface area contributed by atoms with Crippen LogP contribution in [0.5, 0.6) is 0 Å². The number of pyridine rings is 1. The van der Waals surface area contributed by atoms with Crippen LogP contribution < -0.4 is 0 Å². The summed E-state index contributed by atoms with van der Waals surface area (Å²) in [5, 5.41) is 5.75. The number of aromatic nitrogens is 4. The number of thiophene rings is 1. The molecule has 4 heterocycles. The number of rotatable bonds is 6. The molecule has 8 aromatic carbocycles. The van der Waals surface area contributed by atoms with Gasteiger partial charge in [0.25, 0.3) is 0 Å². The van der Waals surface area contributed by atoms with E-state index in [0.717, 1.165) is 77.5 Å². The van der Waals surface area contributed by atoms with Gasteiger partial charge < -0.3 is 4.42 Å². The summed E-state index contributed by atoms with van der Waals surface area (Å²) in [5.41, 5.74) is 11.8. The predicted molar refractivity (Wildman–Crippen MR) is 248 cm³/mol. The van der Waals surface area contributed by atoms with Crippen molar-refractivity contribution in [1.82, 2.24) is 19.9 Å². The van der Waals surface area contributed by atoms with Gasteiger partial charge in [0.05, 0.1) is 11.2 Å². The Bertz CT molecular complexity index is 3600. The molecule has 0 fully saturated rings. The Morgan fingerprint density at radius 3 is 1.75 bits per heavy atom. The molecule has 0 bridgehead atoms. The molecule has 0 amide bonds. The van der Waals surface area contributed by atoms with E-state index in [4.69, 9.17) is 24.4 Å². The largest absolute Gasteiger partial charge is 0.455 e. The van der Waals surface area contributed by atoms with Crippen molar-refractivity contribution in [2.24, 2.45) is 0 Å². The molecule has 0 spiro atoms. The van der Waals surface area contributed by atoms with E-state index in [-0.39, 0.29) is 0 Å². The summed E-state index contributed by atoms with van der Waals surface area (Å²) >= 11 is 1.83. The van der Waals surface area contributed by atoms with Crippen LogP contribution in [0.1, 0.15) is 0 Å². The highest BCUT2D eigenvalue weighted by molar-refractivity contribution is 7.26. The Morgan fingerprint density at radius 2 is 0.950 bits per heavy atom. The molecular weight excluding hydrogens is 753 g/mol. The number of hydrogen-bond donors (Lipinski definition) is 0. The minimum Gasteiger partial charge on any atom is -0.455 e. The lowest BCUT2D eigenvalue weighted by atomic mass is 9.99. The van der Waals surface area contributed by atoms with Crippen LogP contribution in [0, 0.1) is 0 Å². The molecule has 0 N–H and O–H groups in total. The number of fused-ring (bicyclic) bond motifs is 8. The molecule has 6 heteroatoms. The summed E-state index contributed by atoms with van der Waals surface area (Å²) in [6.07, 6.45) is 0. The summed E-state index contributed by atoms with van der Waals surface area (Å²) in [6.45, 7) is 0. The number of para-hydroxylation sites is 2. The minimum absolute atomic E-state index is 0.596. The fraction of sp³-hybridized carbons (Fsp3) is 0. The number of hydrogen-bond acceptors (Lipinski definition) is 6. The van der Waals surface area contributed by atoms with Gasteiger partial charge in [-0.1, -0.05) is 170 Å². The summed E-state index contributed by atoms with van der Waals surface area (Å²) in [7, 11) is 0. The standard InChI is InChI=1S/C54H32N4OS/c1-3-13-33(14-4-1)37-29-30-43-45(32-37)55-49(48-44-20-8-10-24-47(44)60-51(43)48)34-25-27-36(28-26-34)53-56-52(35-15-5-2-6-16-35)57-54(58-53)39-18-11-17-38(31-39)40-21-12-22-42-41-19-7-9-23-46(41)59-50(40)42/h1-32H. The van der Waals surface area contributed by atoms with Gasteiger partial charge >= 0.3 is 0 Å². The van der Waals surface area contributed by atoms with Gasteiger partial charge in [-0.3, -0.25) is 0 Å². The first-order valence-electron chi connectivity index (χ1n) is 20.0. The van der Waals surface area contributed by atoms with Crippen molar-refractivity contribution in [3.05, 3.63) is 194 Å². The molecule has 0 aliphatic heterocycles. The van der Waals surface area contributed by atoms with Crippen molar-refractivity contribution in [2.75, 3.05) is 0 Å². The van der Waals surface area contributed by atoms with E-state index in [9.17, 15) is 0 Å². The van der Waals surface area contributed by atoms with Crippen molar-refractivity contribution in [3.63, 3.8) is 0 Å². The zero-order valence-electron chi connectivity index (χ0n) is 32.1. The molecule has 60 heavy (non-hydrogen) atoms. The van der Waals surface area contributed by atoms with Crippen molar-refractivity contribution >= 4 is 64.4 Å². The summed E-state index contributed by atoms with van der Waals surface area (Å²) in [6, 6.07) is 67.3. The van der Waals surface area contributed by atoms with E-state index < -0.39 is 0 Å². The van der Waals surface area contributed by atoms with Crippen LogP contribution in [0.2, 0.25) is 0 Å². The van der Waals surface area contributed by atoms with Crippen molar-refractivity contribution in [2.45, 2.75) is 0 Å². The van der Waals surface area contributed by atoms with E-state index in [1.807, 2.05) is 59.9 Å². The molecule has 0 unspecified atom stereocenters. The molecule has 0 atom stereocenters. The second-order valence-electron chi connectivity index (χ2n) is 15.0. The third-order valence-corrected chi connectivity index (χ3v) is 12.5. The van der Waals surface area contributed by atoms with Gasteiger partial charge in [0.2, 0.25) is 0 Å². The van der Waals surface area contributed by atoms with Gasteiger partial charge in [0, 0.05) is 64.1 Å². The zero-order valence-corrected chi connectivity index (χ0v) is 32.9. The normalized spacial score (nSPS) is 11.7. The Morgan fingerprint density at radius 1 is 0.367 bits per heavy atom. The lowest BCUT2D eigenvalue weighted by molar-refractivity contribution is 0.670. The maximum absolute atomic E-state index is 6.42. The Labute approximate surface area is 348 Å². The maximum Gasteiger partial charge on any atom is 0.164 e. The first-order valence-corrected chi connectivity index (χ1v) is 20.8. The number of furan rings is 1. The lowest BCUT2D eigenvalue weighted by Crippen LogP contribution is -2.00. The molecule has 280 valence electrons. The van der Waals surface area contributed by atoms with Crippen LogP contribution in [-0.4, -0.2) is 19.9 Å². The van der Waals surface area contributed by atoms with Crippen LogP contribution in [0.4, 0.5) is 0 Å².